The largest absolute Gasteiger partial charge is 0.494 e. The first kappa shape index (κ1) is 44.9. The van der Waals surface area contributed by atoms with Gasteiger partial charge in [0.15, 0.2) is 12.1 Å². The van der Waals surface area contributed by atoms with E-state index in [0.717, 1.165) is 56.9 Å². The summed E-state index contributed by atoms with van der Waals surface area (Å²) in [6, 6.07) is 12.4. The van der Waals surface area contributed by atoms with Gasteiger partial charge in [-0.15, -0.1) is 0 Å². The maximum absolute atomic E-state index is 14.5. The van der Waals surface area contributed by atoms with Gasteiger partial charge < -0.3 is 46.5 Å². The van der Waals surface area contributed by atoms with E-state index in [1.807, 2.05) is 31.2 Å². The average Bonchev–Trinajstić information content (AvgIpc) is 3.95. The lowest BCUT2D eigenvalue weighted by Crippen LogP contribution is -2.61. The van der Waals surface area contributed by atoms with E-state index < -0.39 is 83.5 Å². The average molecular weight is 819 g/mol. The van der Waals surface area contributed by atoms with Crippen LogP contribution in [0.2, 0.25) is 0 Å². The summed E-state index contributed by atoms with van der Waals surface area (Å²) < 4.78 is 11.5. The summed E-state index contributed by atoms with van der Waals surface area (Å²) in [6.45, 7) is 7.32. The molecule has 2 unspecified atom stereocenters. The first-order valence-electron chi connectivity index (χ1n) is 21.1. The van der Waals surface area contributed by atoms with E-state index >= 15 is 0 Å². The van der Waals surface area contributed by atoms with Gasteiger partial charge in [-0.05, 0) is 94.9 Å². The molecule has 15 heteroatoms. The SMILES string of the molecule is CCCC(NC(=O)[C@@]12C[C@@H]1c1cccc(c1)OCCCCCNC(=O)N[C@@H](C1CCCCC1)C(=O)N2)C(O)C(=O)NCC(=O)N[C@H](C(=O)OC(C)(C)C)c1ccccc1. The number of esters is 1. The molecule has 7 N–H and O–H groups in total. The number of carbonyl (C=O) groups is 6. The summed E-state index contributed by atoms with van der Waals surface area (Å²) in [5, 5.41) is 28.1. The minimum absolute atomic E-state index is 0.117. The molecule has 2 saturated carbocycles. The molecule has 0 spiro atoms. The monoisotopic (exact) mass is 818 g/mol. The van der Waals surface area contributed by atoms with Crippen LogP contribution in [0.15, 0.2) is 54.6 Å². The number of aliphatic hydroxyl groups is 1. The van der Waals surface area contributed by atoms with Crippen LogP contribution in [-0.4, -0.2) is 89.8 Å². The van der Waals surface area contributed by atoms with Crippen molar-refractivity contribution in [1.82, 2.24) is 31.9 Å². The second-order valence-corrected chi connectivity index (χ2v) is 17.0. The second kappa shape index (κ2) is 20.7. The molecular weight excluding hydrogens is 757 g/mol. The number of nitrogens with one attached hydrogen (secondary N) is 6. The summed E-state index contributed by atoms with van der Waals surface area (Å²) in [5.41, 5.74) is -1.01. The number of fused-ring (bicyclic) bond motifs is 4. The Bertz CT molecular complexity index is 1780. The molecule has 6 atom stereocenters. The topological polar surface area (TPSA) is 213 Å². The van der Waals surface area contributed by atoms with Crippen molar-refractivity contribution in [3.63, 3.8) is 0 Å². The van der Waals surface area contributed by atoms with Crippen LogP contribution in [0, 0.1) is 5.92 Å². The fourth-order valence-corrected chi connectivity index (χ4v) is 7.95. The molecule has 0 saturated heterocycles. The van der Waals surface area contributed by atoms with Gasteiger partial charge in [0, 0.05) is 12.5 Å². The van der Waals surface area contributed by atoms with Crippen LogP contribution in [0.25, 0.3) is 0 Å². The molecule has 0 aromatic heterocycles. The summed E-state index contributed by atoms with van der Waals surface area (Å²) in [7, 11) is 0. The first-order chi connectivity index (χ1) is 28.2. The van der Waals surface area contributed by atoms with Gasteiger partial charge in [-0.2, -0.15) is 0 Å². The Morgan fingerprint density at radius 1 is 0.949 bits per heavy atom. The van der Waals surface area contributed by atoms with Crippen molar-refractivity contribution in [3.8, 4) is 5.75 Å². The van der Waals surface area contributed by atoms with E-state index in [1.54, 1.807) is 51.1 Å². The predicted octanol–water partition coefficient (Wildman–Crippen LogP) is 3.80. The smallest absolute Gasteiger partial charge is 0.333 e. The Morgan fingerprint density at radius 3 is 2.39 bits per heavy atom. The van der Waals surface area contributed by atoms with E-state index in [1.165, 1.54) is 0 Å². The molecule has 59 heavy (non-hydrogen) atoms. The molecule has 1 heterocycles. The number of benzene rings is 2. The van der Waals surface area contributed by atoms with Crippen molar-refractivity contribution in [2.24, 2.45) is 5.92 Å². The molecule has 322 valence electrons. The first-order valence-corrected chi connectivity index (χ1v) is 21.1. The van der Waals surface area contributed by atoms with Gasteiger partial charge in [0.1, 0.15) is 22.9 Å². The van der Waals surface area contributed by atoms with Gasteiger partial charge in [-0.3, -0.25) is 19.2 Å². The zero-order chi connectivity index (χ0) is 42.6. The molecule has 2 aromatic carbocycles. The van der Waals surface area contributed by atoms with E-state index in [4.69, 9.17) is 9.47 Å². The van der Waals surface area contributed by atoms with Crippen LogP contribution in [0.5, 0.6) is 5.75 Å². The van der Waals surface area contributed by atoms with Crippen molar-refractivity contribution in [3.05, 3.63) is 65.7 Å². The summed E-state index contributed by atoms with van der Waals surface area (Å²) in [5.74, 6) is -3.30. The lowest BCUT2D eigenvalue weighted by atomic mass is 9.83. The van der Waals surface area contributed by atoms with Gasteiger partial charge >= 0.3 is 12.0 Å². The molecule has 6 amide bonds. The van der Waals surface area contributed by atoms with E-state index in [-0.39, 0.29) is 18.8 Å². The number of aliphatic hydroxyl groups excluding tert-OH is 1. The van der Waals surface area contributed by atoms with Crippen LogP contribution >= 0.6 is 0 Å². The number of rotatable bonds is 12. The van der Waals surface area contributed by atoms with Crippen LogP contribution in [0.1, 0.15) is 121 Å². The Hall–Kier alpha value is -5.18. The molecule has 3 aliphatic rings. The quantitative estimate of drug-likeness (QED) is 0.155. The predicted molar refractivity (Wildman–Crippen MR) is 220 cm³/mol. The third-order valence-corrected chi connectivity index (χ3v) is 11.1. The zero-order valence-corrected chi connectivity index (χ0v) is 34.8. The third kappa shape index (κ3) is 12.7. The van der Waals surface area contributed by atoms with E-state index in [9.17, 15) is 33.9 Å². The standard InChI is InChI=1S/C44H62N6O9/c1-5-16-33(37(52)39(54)46-27-34(51)48-36(29-19-11-7-12-20-29)40(55)59-43(2,3)4)47-41(56)44-26-32(44)30-21-15-22-31(25-30)58-24-14-8-13-23-45-42(57)49-35(38(53)50-44)28-17-9-6-10-18-28/h7,11-12,15,19-22,25,28,32-33,35-37,52H,5-6,8-10,13-14,16-18,23-24,26-27H2,1-4H3,(H,46,54)(H,47,56)(H,48,51)(H,50,53)(H2,45,49,57)/t32-,33?,35+,36+,37?,44-/m1/s1. The fourth-order valence-electron chi connectivity index (χ4n) is 7.95. The lowest BCUT2D eigenvalue weighted by molar-refractivity contribution is -0.158. The van der Waals surface area contributed by atoms with Crippen LogP contribution in [0.4, 0.5) is 4.79 Å². The molecule has 2 bridgehead atoms. The molecule has 2 aromatic rings. The van der Waals surface area contributed by atoms with Gasteiger partial charge in [-0.25, -0.2) is 9.59 Å². The summed E-state index contributed by atoms with van der Waals surface area (Å²) in [4.78, 5) is 81.5. The highest BCUT2D eigenvalue weighted by atomic mass is 16.6. The Kier molecular flexibility index (Phi) is 15.7. The molecule has 0 radical (unpaired) electrons. The fraction of sp³-hybridized carbons (Fsp3) is 0.591. The minimum atomic E-state index is -1.76. The number of carbonyl (C=O) groups excluding carboxylic acids is 6. The molecule has 2 aliphatic carbocycles. The number of hydrogen-bond acceptors (Lipinski definition) is 9. The molecule has 5 rings (SSSR count). The van der Waals surface area contributed by atoms with Crippen LogP contribution in [0.3, 0.4) is 0 Å². The number of ether oxygens (including phenoxy) is 2. The van der Waals surface area contributed by atoms with Crippen molar-refractivity contribution >= 4 is 35.6 Å². The van der Waals surface area contributed by atoms with Crippen LogP contribution < -0.4 is 36.6 Å². The maximum Gasteiger partial charge on any atom is 0.333 e. The van der Waals surface area contributed by atoms with Crippen molar-refractivity contribution in [1.29, 1.82) is 0 Å². The van der Waals surface area contributed by atoms with Crippen LogP contribution in [-0.2, 0) is 28.7 Å². The number of hydrogen-bond donors (Lipinski definition) is 7. The second-order valence-electron chi connectivity index (χ2n) is 17.0. The highest BCUT2D eigenvalue weighted by Gasteiger charge is 2.62. The third-order valence-electron chi connectivity index (χ3n) is 11.1. The molecular formula is C44H62N6O9. The maximum atomic E-state index is 14.5. The summed E-state index contributed by atoms with van der Waals surface area (Å²) in [6.07, 6.45) is 5.94. The van der Waals surface area contributed by atoms with E-state index in [2.05, 4.69) is 31.9 Å². The van der Waals surface area contributed by atoms with Crippen molar-refractivity contribution in [2.75, 3.05) is 19.7 Å². The molecule has 2 fully saturated rings. The highest BCUT2D eigenvalue weighted by Crippen LogP contribution is 2.52. The minimum Gasteiger partial charge on any atom is -0.494 e. The normalized spacial score (nSPS) is 23.1. The van der Waals surface area contributed by atoms with Crippen molar-refractivity contribution in [2.45, 2.75) is 140 Å². The zero-order valence-electron chi connectivity index (χ0n) is 34.8. The molecule has 15 nitrogen and oxygen atoms in total. The molecule has 1 aliphatic heterocycles. The van der Waals surface area contributed by atoms with Gasteiger partial charge in [0.25, 0.3) is 5.91 Å². The van der Waals surface area contributed by atoms with Gasteiger partial charge in [0.05, 0.1) is 19.2 Å². The van der Waals surface area contributed by atoms with Gasteiger partial charge in [-0.1, -0.05) is 75.1 Å². The summed E-state index contributed by atoms with van der Waals surface area (Å²) >= 11 is 0. The number of amides is 6. The van der Waals surface area contributed by atoms with E-state index in [0.29, 0.717) is 30.9 Å². The Morgan fingerprint density at radius 2 is 1.68 bits per heavy atom. The Balaban J connectivity index is 1.32. The Labute approximate surface area is 346 Å². The highest BCUT2D eigenvalue weighted by molar-refractivity contribution is 5.99. The number of urea groups is 1. The van der Waals surface area contributed by atoms with Gasteiger partial charge in [0.2, 0.25) is 17.7 Å². The lowest BCUT2D eigenvalue weighted by Gasteiger charge is -2.32. The van der Waals surface area contributed by atoms with Crippen molar-refractivity contribution < 1.29 is 43.3 Å².